The van der Waals surface area contributed by atoms with E-state index in [0.717, 1.165) is 5.56 Å². The Labute approximate surface area is 90.7 Å². The average Bonchev–Trinajstić information content (AvgIpc) is 2.65. The van der Waals surface area contributed by atoms with Crippen LogP contribution in [0.1, 0.15) is 15.9 Å². The molecule has 6 heteroatoms. The highest BCUT2D eigenvalue weighted by atomic mass is 16.2. The first-order valence-electron chi connectivity index (χ1n) is 4.67. The number of aromatic amines is 2. The molecule has 0 spiro atoms. The van der Waals surface area contributed by atoms with Crippen LogP contribution in [0.5, 0.6) is 0 Å². The van der Waals surface area contributed by atoms with Crippen molar-refractivity contribution in [2.24, 2.45) is 0 Å². The summed E-state index contributed by atoms with van der Waals surface area (Å²) >= 11 is 0. The molecule has 0 saturated heterocycles. The molecule has 0 unspecified atom stereocenters. The number of nitrogens with one attached hydrogen (secondary N) is 3. The summed E-state index contributed by atoms with van der Waals surface area (Å²) in [6, 6.07) is 3.05. The van der Waals surface area contributed by atoms with Crippen LogP contribution in [-0.4, -0.2) is 21.1 Å². The monoisotopic (exact) mass is 218 g/mol. The van der Waals surface area contributed by atoms with Gasteiger partial charge in [0.05, 0.1) is 6.20 Å². The number of carbonyl (C=O) groups excluding carboxylic acids is 1. The number of carbonyl (C=O) groups is 1. The lowest BCUT2D eigenvalue weighted by atomic mass is 10.2. The van der Waals surface area contributed by atoms with Crippen LogP contribution < -0.4 is 10.9 Å². The van der Waals surface area contributed by atoms with E-state index in [1.165, 1.54) is 12.3 Å². The Morgan fingerprint density at radius 2 is 2.31 bits per heavy atom. The van der Waals surface area contributed by atoms with E-state index < -0.39 is 11.5 Å². The van der Waals surface area contributed by atoms with Crippen molar-refractivity contribution in [2.75, 3.05) is 5.32 Å². The molecule has 82 valence electrons. The predicted octanol–water partition coefficient (Wildman–Crippen LogP) is 0.659. The van der Waals surface area contributed by atoms with Gasteiger partial charge in [0.15, 0.2) is 0 Å². The maximum atomic E-state index is 11.7. The minimum Gasteiger partial charge on any atom is -0.328 e. The van der Waals surface area contributed by atoms with Gasteiger partial charge < -0.3 is 10.3 Å². The van der Waals surface area contributed by atoms with Gasteiger partial charge in [0, 0.05) is 11.8 Å². The van der Waals surface area contributed by atoms with Crippen LogP contribution >= 0.6 is 0 Å². The molecule has 0 aromatic carbocycles. The van der Waals surface area contributed by atoms with Crippen LogP contribution in [0.2, 0.25) is 0 Å². The highest BCUT2D eigenvalue weighted by molar-refractivity contribution is 6.03. The fourth-order valence-electron chi connectivity index (χ4n) is 1.25. The van der Waals surface area contributed by atoms with Crippen molar-refractivity contribution in [2.45, 2.75) is 6.92 Å². The number of aromatic nitrogens is 3. The van der Waals surface area contributed by atoms with Gasteiger partial charge in [-0.05, 0) is 19.1 Å². The number of aryl methyl sites for hydroxylation is 1. The SMILES string of the molecule is Cc1cn[nH]c1NC(=O)c1ccc[nH]c1=O. The van der Waals surface area contributed by atoms with Gasteiger partial charge >= 0.3 is 0 Å². The van der Waals surface area contributed by atoms with Gasteiger partial charge in [-0.15, -0.1) is 0 Å². The first kappa shape index (κ1) is 10.2. The van der Waals surface area contributed by atoms with Crippen molar-refractivity contribution in [3.05, 3.63) is 46.0 Å². The summed E-state index contributed by atoms with van der Waals surface area (Å²) in [6.07, 6.45) is 3.06. The summed E-state index contributed by atoms with van der Waals surface area (Å²) in [7, 11) is 0. The second kappa shape index (κ2) is 4.01. The smallest absolute Gasteiger partial charge is 0.262 e. The summed E-state index contributed by atoms with van der Waals surface area (Å²) in [6.45, 7) is 1.80. The van der Waals surface area contributed by atoms with E-state index >= 15 is 0 Å². The normalized spacial score (nSPS) is 10.1. The lowest BCUT2D eigenvalue weighted by molar-refractivity contribution is 0.102. The Morgan fingerprint density at radius 1 is 1.50 bits per heavy atom. The Balaban J connectivity index is 2.25. The molecule has 3 N–H and O–H groups in total. The van der Waals surface area contributed by atoms with Crippen molar-refractivity contribution < 1.29 is 4.79 Å². The van der Waals surface area contributed by atoms with Crippen molar-refractivity contribution in [3.63, 3.8) is 0 Å². The minimum absolute atomic E-state index is 0.0662. The molecule has 0 fully saturated rings. The molecule has 0 aliphatic carbocycles. The molecular formula is C10H10N4O2. The highest BCUT2D eigenvalue weighted by Gasteiger charge is 2.11. The molecule has 2 aromatic rings. The zero-order chi connectivity index (χ0) is 11.5. The van der Waals surface area contributed by atoms with Gasteiger partial charge in [0.1, 0.15) is 11.4 Å². The lowest BCUT2D eigenvalue weighted by Crippen LogP contribution is -2.22. The number of H-pyrrole nitrogens is 2. The van der Waals surface area contributed by atoms with Crippen molar-refractivity contribution in [3.8, 4) is 0 Å². The number of pyridine rings is 1. The van der Waals surface area contributed by atoms with Crippen molar-refractivity contribution in [1.82, 2.24) is 15.2 Å². The molecule has 0 atom stereocenters. The molecule has 0 aliphatic rings. The van der Waals surface area contributed by atoms with Crippen LogP contribution in [0, 0.1) is 6.92 Å². The molecule has 0 bridgehead atoms. The molecular weight excluding hydrogens is 208 g/mol. The van der Waals surface area contributed by atoms with E-state index in [4.69, 9.17) is 0 Å². The number of hydrogen-bond acceptors (Lipinski definition) is 3. The van der Waals surface area contributed by atoms with Gasteiger partial charge in [0.2, 0.25) is 0 Å². The number of rotatable bonds is 2. The third-order valence-electron chi connectivity index (χ3n) is 2.13. The first-order valence-corrected chi connectivity index (χ1v) is 4.67. The predicted molar refractivity (Wildman–Crippen MR) is 58.3 cm³/mol. The van der Waals surface area contributed by atoms with E-state index in [-0.39, 0.29) is 5.56 Å². The van der Waals surface area contributed by atoms with E-state index in [1.807, 2.05) is 0 Å². The Hall–Kier alpha value is -2.37. The molecule has 16 heavy (non-hydrogen) atoms. The van der Waals surface area contributed by atoms with E-state index in [9.17, 15) is 9.59 Å². The largest absolute Gasteiger partial charge is 0.328 e. The van der Waals surface area contributed by atoms with Crippen LogP contribution in [-0.2, 0) is 0 Å². The zero-order valence-electron chi connectivity index (χ0n) is 8.57. The quantitative estimate of drug-likeness (QED) is 0.691. The van der Waals surface area contributed by atoms with E-state index in [2.05, 4.69) is 20.5 Å². The molecule has 0 saturated carbocycles. The molecule has 2 heterocycles. The minimum atomic E-state index is -0.464. The zero-order valence-corrected chi connectivity index (χ0v) is 8.57. The van der Waals surface area contributed by atoms with Gasteiger partial charge in [-0.3, -0.25) is 14.7 Å². The Bertz CT molecular complexity index is 570. The fourth-order valence-corrected chi connectivity index (χ4v) is 1.25. The first-order chi connectivity index (χ1) is 7.68. The van der Waals surface area contributed by atoms with Gasteiger partial charge in [-0.1, -0.05) is 0 Å². The molecule has 2 aromatic heterocycles. The maximum Gasteiger partial charge on any atom is 0.262 e. The molecule has 2 rings (SSSR count). The summed E-state index contributed by atoms with van der Waals surface area (Å²) in [5.74, 6) is 0.0300. The second-order valence-electron chi connectivity index (χ2n) is 3.30. The third-order valence-corrected chi connectivity index (χ3v) is 2.13. The maximum absolute atomic E-state index is 11.7. The average molecular weight is 218 g/mol. The second-order valence-corrected chi connectivity index (χ2v) is 3.30. The van der Waals surface area contributed by atoms with Gasteiger partial charge in [-0.2, -0.15) is 5.10 Å². The van der Waals surface area contributed by atoms with Gasteiger partial charge in [0.25, 0.3) is 11.5 Å². The molecule has 0 radical (unpaired) electrons. The summed E-state index contributed by atoms with van der Waals surface area (Å²) < 4.78 is 0. The topological polar surface area (TPSA) is 90.6 Å². The summed E-state index contributed by atoms with van der Waals surface area (Å²) in [5, 5.41) is 8.97. The highest BCUT2D eigenvalue weighted by Crippen LogP contribution is 2.09. The Kier molecular flexibility index (Phi) is 2.55. The summed E-state index contributed by atoms with van der Waals surface area (Å²) in [4.78, 5) is 25.5. The number of hydrogen-bond donors (Lipinski definition) is 3. The van der Waals surface area contributed by atoms with E-state index in [1.54, 1.807) is 19.2 Å². The van der Waals surface area contributed by atoms with Crippen LogP contribution in [0.3, 0.4) is 0 Å². The number of nitrogens with zero attached hydrogens (tertiary/aromatic N) is 1. The van der Waals surface area contributed by atoms with Crippen LogP contribution in [0.25, 0.3) is 0 Å². The lowest BCUT2D eigenvalue weighted by Gasteiger charge is -2.02. The van der Waals surface area contributed by atoms with Crippen molar-refractivity contribution >= 4 is 11.7 Å². The number of anilines is 1. The van der Waals surface area contributed by atoms with Gasteiger partial charge in [-0.25, -0.2) is 0 Å². The fraction of sp³-hybridized carbons (Fsp3) is 0.100. The molecule has 6 nitrogen and oxygen atoms in total. The van der Waals surface area contributed by atoms with Crippen LogP contribution in [0.15, 0.2) is 29.3 Å². The van der Waals surface area contributed by atoms with Crippen LogP contribution in [0.4, 0.5) is 5.82 Å². The van der Waals surface area contributed by atoms with E-state index in [0.29, 0.717) is 5.82 Å². The van der Waals surface area contributed by atoms with Crippen molar-refractivity contribution in [1.29, 1.82) is 0 Å². The summed E-state index contributed by atoms with van der Waals surface area (Å²) in [5.41, 5.74) is 0.453. The standard InChI is InChI=1S/C10H10N4O2/c1-6-5-12-14-8(6)13-10(16)7-3-2-4-11-9(7)15/h2-5H,1H3,(H,11,15)(H2,12,13,14,16). The number of amides is 1. The molecule has 0 aliphatic heterocycles. The third kappa shape index (κ3) is 1.85. The molecule has 1 amide bonds. The Morgan fingerprint density at radius 3 is 2.94 bits per heavy atom.